The minimum Gasteiger partial charge on any atom is -0.459 e. The summed E-state index contributed by atoms with van der Waals surface area (Å²) >= 11 is 8.95. The van der Waals surface area contributed by atoms with Gasteiger partial charge in [0.05, 0.1) is 52.0 Å². The van der Waals surface area contributed by atoms with Gasteiger partial charge in [-0.2, -0.15) is 30.4 Å². The number of fused-ring (bicyclic) bond motifs is 6. The third-order valence-corrected chi connectivity index (χ3v) is 27.9. The fraction of sp³-hybridized carbons (Fsp3) is 0.506. The van der Waals surface area contributed by atoms with Crippen molar-refractivity contribution in [1.82, 2.24) is 72.9 Å². The number of benzene rings is 4. The van der Waals surface area contributed by atoms with Gasteiger partial charge < -0.3 is 49.6 Å². The van der Waals surface area contributed by atoms with Gasteiger partial charge in [-0.1, -0.05) is 74.3 Å². The first-order valence-electron chi connectivity index (χ1n) is 42.8. The predicted molar refractivity (Wildman–Crippen MR) is 480 cm³/mol. The molecule has 2 saturated carbocycles. The number of aromatic nitrogens is 6. The molecule has 10 atom stereocenters. The number of aliphatic hydroxyl groups is 1. The highest BCUT2D eigenvalue weighted by molar-refractivity contribution is 7.88. The first-order chi connectivity index (χ1) is 60.7. The monoisotopic (exact) mass is 1880 g/mol. The van der Waals surface area contributed by atoms with Crippen molar-refractivity contribution in [3.63, 3.8) is 0 Å². The third kappa shape index (κ3) is 23.0. The molecule has 0 unspecified atom stereocenters. The summed E-state index contributed by atoms with van der Waals surface area (Å²) in [4.78, 5) is 131. The predicted octanol–water partition coefficient (Wildman–Crippen LogP) is 13.8. The average Bonchev–Trinajstić information content (AvgIpc) is 1.58. The minimum absolute atomic E-state index is 0.00205. The number of amides is 7. The molecule has 0 bridgehead atoms. The van der Waals surface area contributed by atoms with Crippen molar-refractivity contribution in [1.29, 1.82) is 0 Å². The van der Waals surface area contributed by atoms with Gasteiger partial charge in [-0.15, -0.1) is 22.7 Å². The van der Waals surface area contributed by atoms with E-state index >= 15 is 0 Å². The molecule has 4 fully saturated rings. The van der Waals surface area contributed by atoms with Crippen LogP contribution in [0.25, 0.3) is 65.7 Å². The number of nitrogens with zero attached hydrogens (tertiary/aromatic N) is 10. The summed E-state index contributed by atoms with van der Waals surface area (Å²) in [5, 5.41) is 23.8. The van der Waals surface area contributed by atoms with Gasteiger partial charge in [-0.25, -0.2) is 51.5 Å². The Morgan fingerprint density at radius 3 is 1.57 bits per heavy atom. The number of rotatable bonds is 16. The zero-order valence-corrected chi connectivity index (χ0v) is 78.3. The van der Waals surface area contributed by atoms with Crippen LogP contribution in [-0.4, -0.2) is 211 Å². The quantitative estimate of drug-likeness (QED) is 0.0386. The van der Waals surface area contributed by atoms with Crippen molar-refractivity contribution in [2.75, 3.05) is 41.3 Å². The number of aliphatic hydroxyl groups excluding tert-OH is 1. The fourth-order valence-corrected chi connectivity index (χ4v) is 19.5. The lowest BCUT2D eigenvalue weighted by atomic mass is 9.91. The number of Topliss-reactive ketones (excluding diaryl/α,β-unsaturated/α-hetero) is 1. The SMILES string of the molecule is CC(C)n1c(Cl)nc2c(-c3csc(-c4ccc(F)c(F)c4)n3)cccc21.CC(C)n1c(O[C@@H]2C[C@H]3C(=O)N[C@]4(C(=O)NS(=O)(=O)N(C)C)C[C@H]4/C=C\CCCCC[C@H](NC(=O)OC(C)(C)C)C(=O)N3C2)nc2c(-c3csc(-c4ccc(F)c(F)c4)n3)cccc21.CN(C)S(=O)(=O)NC(=O)[C@]12CC(=O)[C@@H]3C[C@@H](O)CN3C(=O)[C@@H](NC(=O)OC(C)(C)C)CCCCC/C=C\[C@@H]1C2. The van der Waals surface area contributed by atoms with Crippen LogP contribution in [0.15, 0.2) is 108 Å². The van der Waals surface area contributed by atoms with Crippen LogP contribution in [0.5, 0.6) is 6.01 Å². The Labute approximate surface area is 759 Å². The maximum atomic E-state index is 14.7. The lowest BCUT2D eigenvalue weighted by Gasteiger charge is -2.30. The number of ether oxygens (including phenoxy) is 3. The van der Waals surface area contributed by atoms with Crippen molar-refractivity contribution in [3.05, 3.63) is 136 Å². The summed E-state index contributed by atoms with van der Waals surface area (Å²) in [6.07, 6.45) is 10.6. The van der Waals surface area contributed by atoms with Gasteiger partial charge in [-0.3, -0.25) is 33.3 Å². The maximum absolute atomic E-state index is 14.7. The molecule has 4 aromatic heterocycles. The molecule has 6 N–H and O–H groups in total. The second-order valence-electron chi connectivity index (χ2n) is 36.1. The summed E-state index contributed by atoms with van der Waals surface area (Å²) in [5.41, 5.74) is 2.23. The highest BCUT2D eigenvalue weighted by Gasteiger charge is 2.63. The van der Waals surface area contributed by atoms with Crippen LogP contribution in [0, 0.1) is 40.5 Å². The lowest BCUT2D eigenvalue weighted by molar-refractivity contribution is -0.141. The maximum Gasteiger partial charge on any atom is 0.408 e. The van der Waals surface area contributed by atoms with Crippen molar-refractivity contribution in [2.45, 2.75) is 231 Å². The van der Waals surface area contributed by atoms with Gasteiger partial charge in [0, 0.05) is 105 Å². The molecule has 4 aromatic carbocycles. The van der Waals surface area contributed by atoms with E-state index in [4.69, 9.17) is 35.8 Å². The molecule has 8 heterocycles. The number of imidazole rings is 2. The Morgan fingerprint density at radius 2 is 1.08 bits per heavy atom. The molecule has 4 aliphatic heterocycles. The topological polar surface area (TPSA) is 387 Å². The number of hydrogen-bond donors (Lipinski definition) is 6. The van der Waals surface area contributed by atoms with Crippen LogP contribution < -0.4 is 30.1 Å². The first-order valence-corrected chi connectivity index (χ1v) is 47.8. The second kappa shape index (κ2) is 39.8. The van der Waals surface area contributed by atoms with Crippen molar-refractivity contribution < 1.29 is 92.1 Å². The number of nitrogens with one attached hydrogen (secondary N) is 5. The van der Waals surface area contributed by atoms with Crippen LogP contribution in [0.1, 0.15) is 178 Å². The largest absolute Gasteiger partial charge is 0.459 e. The highest BCUT2D eigenvalue weighted by atomic mass is 35.5. The van der Waals surface area contributed by atoms with Gasteiger partial charge in [0.1, 0.15) is 56.5 Å². The van der Waals surface area contributed by atoms with E-state index in [9.17, 15) is 77.9 Å². The number of carbonyl (C=O) groups excluding carboxylic acids is 8. The zero-order valence-electron chi connectivity index (χ0n) is 74.3. The van der Waals surface area contributed by atoms with Crippen molar-refractivity contribution in [2.24, 2.45) is 17.3 Å². The van der Waals surface area contributed by atoms with Crippen molar-refractivity contribution >= 4 is 124 Å². The number of ketones is 1. The molecule has 2 saturated heterocycles. The van der Waals surface area contributed by atoms with Crippen molar-refractivity contribution in [3.8, 4) is 49.7 Å². The number of alkyl carbamates (subject to hydrolysis) is 2. The van der Waals surface area contributed by atoms with E-state index in [-0.39, 0.29) is 69.2 Å². The number of hydrogen-bond acceptors (Lipinski definition) is 22. The second-order valence-corrected chi connectivity index (χ2v) is 41.9. The standard InChI is InChI=1S/C44H54F2N8O8S2.C26H42N4O8S.C19H14ClF2N3S/c1-25(2)54-34-17-13-15-29(33-24-63-38(47-33)26-18-19-30(45)31(46)20-26)36(34)49-41(54)61-28-21-35-37(55)50-44(40(57)51-64(59,60)52(6)7)22-27(44)14-11-9-8-10-12-16-32(39(56)53(35)23-28)48-42(58)62-43(3,4)5;1-25(2,3)38-24(35)27-19-12-10-8-6-7-9-11-17-14-26(17,23(34)28-39(36,37)29(4)5)15-21(32)20-13-18(31)16-30(20)22(19)33;1-10(2)25-16-5-3-4-12(17(16)24-19(25)20)15-9-26-18(23-15)11-6-7-13(21)14(22)8-11/h11,13-15,17-20,24-25,27-28,32,35H,8-10,12,16,21-23H2,1-7H3,(H,48,58)(H,50,55)(H,51,57);9,11,17-20,31H,6-8,10,12-16H2,1-5H3,(H,27,35)(H,28,34);3-10H,1-2H3/b14-11-;11-9-;/t27-,28-,32+,35+,44-;17-,18-,19+,20+,26-;/m11./s1. The molecule has 14 rings (SSSR count). The summed E-state index contributed by atoms with van der Waals surface area (Å²) < 4.78 is 132. The van der Waals surface area contributed by atoms with Crippen LogP contribution in [0.4, 0.5) is 27.2 Å². The molecule has 8 aromatic rings. The molecule has 0 spiro atoms. The van der Waals surface area contributed by atoms with Crippen LogP contribution in [0.3, 0.4) is 0 Å². The van der Waals surface area contributed by atoms with E-state index in [1.165, 1.54) is 72.8 Å². The van der Waals surface area contributed by atoms with Gasteiger partial charge >= 0.3 is 32.6 Å². The van der Waals surface area contributed by atoms with Gasteiger partial charge in [0.15, 0.2) is 29.1 Å². The Morgan fingerprint density at radius 1 is 0.597 bits per heavy atom. The van der Waals surface area contributed by atoms with E-state index in [0.717, 1.165) is 80.8 Å². The molecule has 129 heavy (non-hydrogen) atoms. The van der Waals surface area contributed by atoms with Gasteiger partial charge in [0.2, 0.25) is 28.9 Å². The van der Waals surface area contributed by atoms with E-state index in [2.05, 4.69) is 35.4 Å². The normalized spacial score (nSPS) is 23.6. The average molecular weight is 1890 g/mol. The molecular formula is C89H110ClF4N15O16S4. The minimum atomic E-state index is -4.22. The molecule has 696 valence electrons. The molecule has 31 nitrogen and oxygen atoms in total. The van der Waals surface area contributed by atoms with E-state index in [1.54, 1.807) is 46.9 Å². The Bertz CT molecular complexity index is 5870. The van der Waals surface area contributed by atoms with E-state index < -0.39 is 156 Å². The first kappa shape index (κ1) is 97.8. The molecule has 7 amide bonds. The van der Waals surface area contributed by atoms with Crippen LogP contribution in [-0.2, 0) is 58.7 Å². The number of thiazole rings is 2. The smallest absolute Gasteiger partial charge is 0.408 e. The summed E-state index contributed by atoms with van der Waals surface area (Å²) in [6, 6.07) is 14.8. The molecule has 40 heteroatoms. The number of para-hydroxylation sites is 2. The van der Waals surface area contributed by atoms with Gasteiger partial charge in [0.25, 0.3) is 11.9 Å². The molecule has 6 aliphatic rings. The van der Waals surface area contributed by atoms with E-state index in [0.29, 0.717) is 87.2 Å². The zero-order chi connectivity index (χ0) is 93.9. The Balaban J connectivity index is 0.000000195. The van der Waals surface area contributed by atoms with E-state index in [1.807, 2.05) is 103 Å². The molecule has 0 radical (unpaired) electrons. The molecule has 2 aliphatic carbocycles. The van der Waals surface area contributed by atoms with Crippen LogP contribution in [0.2, 0.25) is 5.28 Å². The lowest BCUT2D eigenvalue weighted by Crippen LogP contribution is -2.58. The summed E-state index contributed by atoms with van der Waals surface area (Å²) in [6.45, 7) is 18.1. The van der Waals surface area contributed by atoms with Gasteiger partial charge in [-0.05, 0) is 187 Å². The number of allylic oxidation sites excluding steroid dienone is 3. The number of halogens is 5. The number of carbonyl (C=O) groups is 8. The summed E-state index contributed by atoms with van der Waals surface area (Å²) in [7, 11) is -3.14. The Hall–Kier alpha value is -10.3. The third-order valence-electron chi connectivity index (χ3n) is 23.0. The Kier molecular flexibility index (Phi) is 30.2. The van der Waals surface area contributed by atoms with Crippen LogP contribution >= 0.6 is 34.3 Å². The fourth-order valence-electron chi connectivity index (χ4n) is 16.2. The highest BCUT2D eigenvalue weighted by Crippen LogP contribution is 2.57. The molecular weight excluding hydrogens is 1770 g/mol. The summed E-state index contributed by atoms with van der Waals surface area (Å²) in [5.74, 6) is -8.36.